The number of rotatable bonds is 3. The van der Waals surface area contributed by atoms with E-state index in [0.29, 0.717) is 13.0 Å². The summed E-state index contributed by atoms with van der Waals surface area (Å²) in [5.74, 6) is 0. The lowest BCUT2D eigenvalue weighted by molar-refractivity contribution is 0.169. The maximum atomic E-state index is 9.90. The van der Waals surface area contributed by atoms with Crippen LogP contribution < -0.4 is 5.73 Å². The van der Waals surface area contributed by atoms with Gasteiger partial charge in [-0.05, 0) is 49.6 Å². The maximum absolute atomic E-state index is 9.90. The molecule has 1 atom stereocenters. The number of aliphatic hydroxyl groups excluding tert-OH is 1. The molecule has 0 aliphatic heterocycles. The monoisotopic (exact) mass is 257 g/mol. The number of hydrogen-bond acceptors (Lipinski definition) is 2. The van der Waals surface area contributed by atoms with E-state index >= 15 is 0 Å². The predicted molar refractivity (Wildman–Crippen MR) is 62.2 cm³/mol. The molecule has 0 aliphatic carbocycles. The van der Waals surface area contributed by atoms with Crippen molar-refractivity contribution in [3.8, 4) is 0 Å². The number of nitrogens with two attached hydrogens (primary N) is 1. The highest BCUT2D eigenvalue weighted by molar-refractivity contribution is 9.10. The van der Waals surface area contributed by atoms with Crippen LogP contribution in [0.3, 0.4) is 0 Å². The van der Waals surface area contributed by atoms with Crippen LogP contribution in [0.15, 0.2) is 16.6 Å². The molecule has 0 bridgehead atoms. The summed E-state index contributed by atoms with van der Waals surface area (Å²) in [7, 11) is 0. The molecule has 2 nitrogen and oxygen atoms in total. The standard InChI is InChI=1S/C11H16BrNO/c1-7-3-4-9(12)11(8(7)2)10(14)5-6-13/h3-4,10,14H,5-6,13H2,1-2H3. The molecule has 0 fully saturated rings. The fourth-order valence-corrected chi connectivity index (χ4v) is 2.21. The molecule has 0 saturated carbocycles. The fraction of sp³-hybridized carbons (Fsp3) is 0.455. The first-order chi connectivity index (χ1) is 6.57. The van der Waals surface area contributed by atoms with E-state index in [1.54, 1.807) is 0 Å². The molecule has 0 radical (unpaired) electrons. The van der Waals surface area contributed by atoms with Gasteiger partial charge in [0.1, 0.15) is 0 Å². The van der Waals surface area contributed by atoms with Gasteiger partial charge in [-0.15, -0.1) is 0 Å². The lowest BCUT2D eigenvalue weighted by Crippen LogP contribution is -2.09. The van der Waals surface area contributed by atoms with Crippen LogP contribution in [-0.4, -0.2) is 11.7 Å². The van der Waals surface area contributed by atoms with Gasteiger partial charge >= 0.3 is 0 Å². The molecule has 0 aliphatic rings. The SMILES string of the molecule is Cc1ccc(Br)c(C(O)CCN)c1C. The van der Waals surface area contributed by atoms with Crippen molar-refractivity contribution in [3.05, 3.63) is 33.3 Å². The second kappa shape index (κ2) is 4.91. The van der Waals surface area contributed by atoms with Gasteiger partial charge in [-0.3, -0.25) is 0 Å². The zero-order chi connectivity index (χ0) is 10.7. The van der Waals surface area contributed by atoms with E-state index < -0.39 is 6.10 Å². The van der Waals surface area contributed by atoms with Crippen molar-refractivity contribution >= 4 is 15.9 Å². The highest BCUT2D eigenvalue weighted by atomic mass is 79.9. The quantitative estimate of drug-likeness (QED) is 0.874. The van der Waals surface area contributed by atoms with E-state index in [9.17, 15) is 5.11 Å². The number of hydrogen-bond donors (Lipinski definition) is 2. The molecule has 0 amide bonds. The lowest BCUT2D eigenvalue weighted by atomic mass is 9.97. The molecule has 0 spiro atoms. The zero-order valence-electron chi connectivity index (χ0n) is 8.55. The van der Waals surface area contributed by atoms with Crippen molar-refractivity contribution in [1.82, 2.24) is 0 Å². The summed E-state index contributed by atoms with van der Waals surface area (Å²) in [5, 5.41) is 9.90. The van der Waals surface area contributed by atoms with Gasteiger partial charge in [0.2, 0.25) is 0 Å². The van der Waals surface area contributed by atoms with Gasteiger partial charge in [-0.1, -0.05) is 22.0 Å². The Bertz CT molecular complexity index is 325. The summed E-state index contributed by atoms with van der Waals surface area (Å²) in [6, 6.07) is 4.01. The van der Waals surface area contributed by atoms with E-state index in [1.807, 2.05) is 26.0 Å². The maximum Gasteiger partial charge on any atom is 0.0815 e. The van der Waals surface area contributed by atoms with Crippen molar-refractivity contribution in [2.45, 2.75) is 26.4 Å². The molecule has 1 aromatic carbocycles. The Hall–Kier alpha value is -0.380. The number of aliphatic hydroxyl groups is 1. The van der Waals surface area contributed by atoms with E-state index in [4.69, 9.17) is 5.73 Å². The van der Waals surface area contributed by atoms with Crippen molar-refractivity contribution in [3.63, 3.8) is 0 Å². The summed E-state index contributed by atoms with van der Waals surface area (Å²) in [4.78, 5) is 0. The van der Waals surface area contributed by atoms with Crippen molar-refractivity contribution < 1.29 is 5.11 Å². The summed E-state index contributed by atoms with van der Waals surface area (Å²) >= 11 is 3.45. The Morgan fingerprint density at radius 2 is 2.07 bits per heavy atom. The zero-order valence-corrected chi connectivity index (χ0v) is 10.1. The largest absolute Gasteiger partial charge is 0.388 e. The van der Waals surface area contributed by atoms with Crippen molar-refractivity contribution in [2.24, 2.45) is 5.73 Å². The third-order valence-electron chi connectivity index (χ3n) is 2.51. The molecule has 3 N–H and O–H groups in total. The van der Waals surface area contributed by atoms with Crippen LogP contribution >= 0.6 is 15.9 Å². The Balaban J connectivity index is 3.11. The van der Waals surface area contributed by atoms with Gasteiger partial charge in [-0.25, -0.2) is 0 Å². The first kappa shape index (κ1) is 11.7. The molecule has 1 rings (SSSR count). The molecule has 78 valence electrons. The Morgan fingerprint density at radius 3 is 2.64 bits per heavy atom. The van der Waals surface area contributed by atoms with Crippen LogP contribution in [-0.2, 0) is 0 Å². The summed E-state index contributed by atoms with van der Waals surface area (Å²) < 4.78 is 0.960. The molecule has 1 unspecified atom stereocenters. The Kier molecular flexibility index (Phi) is 4.11. The molecule has 3 heteroatoms. The lowest BCUT2D eigenvalue weighted by Gasteiger charge is -2.16. The van der Waals surface area contributed by atoms with Crippen LogP contribution in [0.1, 0.15) is 29.2 Å². The van der Waals surface area contributed by atoms with Gasteiger partial charge in [-0.2, -0.15) is 0 Å². The Morgan fingerprint density at radius 1 is 1.43 bits per heavy atom. The minimum atomic E-state index is -0.464. The molecule has 1 aromatic rings. The molecule has 0 saturated heterocycles. The van der Waals surface area contributed by atoms with E-state index in [1.165, 1.54) is 5.56 Å². The van der Waals surface area contributed by atoms with Crippen LogP contribution in [0, 0.1) is 13.8 Å². The van der Waals surface area contributed by atoms with Gasteiger partial charge in [0.25, 0.3) is 0 Å². The molecule has 0 heterocycles. The first-order valence-electron chi connectivity index (χ1n) is 4.71. The first-order valence-corrected chi connectivity index (χ1v) is 5.51. The topological polar surface area (TPSA) is 46.2 Å². The predicted octanol–water partition coefficient (Wildman–Crippen LogP) is 2.45. The minimum Gasteiger partial charge on any atom is -0.388 e. The molecule has 0 aromatic heterocycles. The van der Waals surface area contributed by atoms with Crippen LogP contribution in [0.2, 0.25) is 0 Å². The van der Waals surface area contributed by atoms with Crippen molar-refractivity contribution in [1.29, 1.82) is 0 Å². The summed E-state index contributed by atoms with van der Waals surface area (Å²) in [6.07, 6.45) is 0.136. The van der Waals surface area contributed by atoms with Gasteiger partial charge in [0.05, 0.1) is 6.10 Å². The third kappa shape index (κ3) is 2.35. The summed E-state index contributed by atoms with van der Waals surface area (Å²) in [5.41, 5.74) is 8.73. The van der Waals surface area contributed by atoms with Gasteiger partial charge < -0.3 is 10.8 Å². The normalized spacial score (nSPS) is 12.9. The van der Waals surface area contributed by atoms with Crippen LogP contribution in [0.25, 0.3) is 0 Å². The van der Waals surface area contributed by atoms with E-state index in [2.05, 4.69) is 15.9 Å². The van der Waals surface area contributed by atoms with E-state index in [0.717, 1.165) is 15.6 Å². The van der Waals surface area contributed by atoms with Crippen molar-refractivity contribution in [2.75, 3.05) is 6.54 Å². The van der Waals surface area contributed by atoms with Gasteiger partial charge in [0.15, 0.2) is 0 Å². The fourth-order valence-electron chi connectivity index (χ4n) is 1.52. The average molecular weight is 258 g/mol. The third-order valence-corrected chi connectivity index (χ3v) is 3.20. The average Bonchev–Trinajstić information content (AvgIpc) is 2.13. The van der Waals surface area contributed by atoms with Crippen LogP contribution in [0.4, 0.5) is 0 Å². The number of benzene rings is 1. The molecular formula is C11H16BrNO. The highest BCUT2D eigenvalue weighted by Gasteiger charge is 2.14. The second-order valence-corrected chi connectivity index (χ2v) is 4.35. The summed E-state index contributed by atoms with van der Waals surface area (Å²) in [6.45, 7) is 4.57. The van der Waals surface area contributed by atoms with Gasteiger partial charge in [0, 0.05) is 4.47 Å². The highest BCUT2D eigenvalue weighted by Crippen LogP contribution is 2.30. The second-order valence-electron chi connectivity index (χ2n) is 3.50. The molecular weight excluding hydrogens is 242 g/mol. The van der Waals surface area contributed by atoms with Crippen LogP contribution in [0.5, 0.6) is 0 Å². The number of halogens is 1. The number of aryl methyl sites for hydroxylation is 1. The molecule has 14 heavy (non-hydrogen) atoms. The smallest absolute Gasteiger partial charge is 0.0815 e. The Labute approximate surface area is 93.3 Å². The minimum absolute atomic E-state index is 0.464. The van der Waals surface area contributed by atoms with E-state index in [-0.39, 0.29) is 0 Å².